The lowest BCUT2D eigenvalue weighted by molar-refractivity contribution is -0.134. The number of piperidine rings is 1. The number of carbonyl (C=O) groups is 1. The van der Waals surface area contributed by atoms with Gasteiger partial charge >= 0.3 is 0 Å². The summed E-state index contributed by atoms with van der Waals surface area (Å²) in [6.07, 6.45) is 8.52. The lowest BCUT2D eigenvalue weighted by atomic mass is 9.71. The minimum absolute atomic E-state index is 0.167. The van der Waals surface area contributed by atoms with Crippen LogP contribution in [0.5, 0.6) is 11.5 Å². The van der Waals surface area contributed by atoms with Gasteiger partial charge in [0.2, 0.25) is 5.91 Å². The Kier molecular flexibility index (Phi) is 4.74. The van der Waals surface area contributed by atoms with E-state index in [1.165, 1.54) is 43.2 Å². The number of hydrogen-bond donors (Lipinski definition) is 0. The molecule has 3 heterocycles. The summed E-state index contributed by atoms with van der Waals surface area (Å²) in [5.41, 5.74) is 2.95. The van der Waals surface area contributed by atoms with Crippen LogP contribution in [-0.4, -0.2) is 55.1 Å². The molecule has 1 aromatic rings. The number of nitrogens with zero attached hydrogens (tertiary/aromatic N) is 2. The van der Waals surface area contributed by atoms with Crippen LogP contribution < -0.4 is 9.47 Å². The molecule has 1 aliphatic carbocycles. The Hall–Kier alpha value is -1.75. The SMILES string of the molecule is CC1c2cc3c(cc2C2(CCCC2)CN1CC(=O)N1CCCCC1)OCCO3. The molecule has 152 valence electrons. The van der Waals surface area contributed by atoms with E-state index in [4.69, 9.17) is 9.47 Å². The van der Waals surface area contributed by atoms with Gasteiger partial charge in [0.05, 0.1) is 6.54 Å². The minimum atomic E-state index is 0.167. The van der Waals surface area contributed by atoms with Gasteiger partial charge in [-0.25, -0.2) is 0 Å². The minimum Gasteiger partial charge on any atom is -0.486 e. The van der Waals surface area contributed by atoms with Crippen molar-refractivity contribution in [1.82, 2.24) is 9.80 Å². The van der Waals surface area contributed by atoms with Gasteiger partial charge in [-0.2, -0.15) is 0 Å². The Balaban J connectivity index is 1.46. The van der Waals surface area contributed by atoms with E-state index in [9.17, 15) is 4.79 Å². The molecule has 1 atom stereocenters. The highest BCUT2D eigenvalue weighted by atomic mass is 16.6. The van der Waals surface area contributed by atoms with Crippen molar-refractivity contribution in [2.45, 2.75) is 63.3 Å². The monoisotopic (exact) mass is 384 g/mol. The summed E-state index contributed by atoms with van der Waals surface area (Å²) in [7, 11) is 0. The second-order valence-electron chi connectivity index (χ2n) is 9.09. The van der Waals surface area contributed by atoms with Crippen LogP contribution in [-0.2, 0) is 10.2 Å². The number of ether oxygens (including phenoxy) is 2. The predicted molar refractivity (Wildman–Crippen MR) is 108 cm³/mol. The molecule has 28 heavy (non-hydrogen) atoms. The van der Waals surface area contributed by atoms with E-state index < -0.39 is 0 Å². The van der Waals surface area contributed by atoms with Crippen molar-refractivity contribution < 1.29 is 14.3 Å². The summed E-state index contributed by atoms with van der Waals surface area (Å²) in [4.78, 5) is 17.5. The fraction of sp³-hybridized carbons (Fsp3) is 0.696. The van der Waals surface area contributed by atoms with E-state index >= 15 is 0 Å². The second-order valence-corrected chi connectivity index (χ2v) is 9.09. The summed E-state index contributed by atoms with van der Waals surface area (Å²) in [6, 6.07) is 4.69. The molecule has 1 amide bonds. The number of likely N-dealkylation sites (tertiary alicyclic amines) is 1. The molecule has 2 fully saturated rings. The average molecular weight is 385 g/mol. The van der Waals surface area contributed by atoms with Crippen molar-refractivity contribution in [2.24, 2.45) is 0 Å². The maximum Gasteiger partial charge on any atom is 0.236 e. The van der Waals surface area contributed by atoms with Crippen LogP contribution in [0.25, 0.3) is 0 Å². The fourth-order valence-corrected chi connectivity index (χ4v) is 5.81. The molecule has 0 bridgehead atoms. The normalized spacial score (nSPS) is 26.3. The maximum absolute atomic E-state index is 13.0. The molecule has 0 radical (unpaired) electrons. The van der Waals surface area contributed by atoms with Gasteiger partial charge in [-0.05, 0) is 62.3 Å². The van der Waals surface area contributed by atoms with Crippen LogP contribution in [0.1, 0.15) is 69.0 Å². The number of hydrogen-bond acceptors (Lipinski definition) is 4. The fourth-order valence-electron chi connectivity index (χ4n) is 5.81. The molecule has 1 aromatic carbocycles. The summed E-state index contributed by atoms with van der Waals surface area (Å²) < 4.78 is 11.8. The first-order chi connectivity index (χ1) is 13.7. The predicted octanol–water partition coefficient (Wildman–Crippen LogP) is 3.66. The van der Waals surface area contributed by atoms with Crippen LogP contribution in [0.3, 0.4) is 0 Å². The lowest BCUT2D eigenvalue weighted by Gasteiger charge is -2.46. The molecule has 1 spiro atoms. The van der Waals surface area contributed by atoms with Gasteiger partial charge in [0.15, 0.2) is 11.5 Å². The third-order valence-electron chi connectivity index (χ3n) is 7.40. The van der Waals surface area contributed by atoms with Crippen LogP contribution in [0.15, 0.2) is 12.1 Å². The van der Waals surface area contributed by atoms with Crippen LogP contribution >= 0.6 is 0 Å². The van der Waals surface area contributed by atoms with Crippen molar-refractivity contribution in [3.05, 3.63) is 23.3 Å². The molecule has 1 unspecified atom stereocenters. The third kappa shape index (κ3) is 3.08. The zero-order chi connectivity index (χ0) is 19.1. The van der Waals surface area contributed by atoms with E-state index in [-0.39, 0.29) is 11.5 Å². The van der Waals surface area contributed by atoms with Crippen molar-refractivity contribution >= 4 is 5.91 Å². The van der Waals surface area contributed by atoms with Crippen LogP contribution in [0.4, 0.5) is 0 Å². The number of benzene rings is 1. The average Bonchev–Trinajstić information content (AvgIpc) is 3.21. The van der Waals surface area contributed by atoms with E-state index in [1.807, 2.05) is 0 Å². The zero-order valence-corrected chi connectivity index (χ0v) is 17.0. The molecule has 5 heteroatoms. The van der Waals surface area contributed by atoms with Gasteiger partial charge in [-0.15, -0.1) is 0 Å². The van der Waals surface area contributed by atoms with E-state index in [0.717, 1.165) is 44.0 Å². The van der Waals surface area contributed by atoms with Crippen molar-refractivity contribution in [2.75, 3.05) is 39.4 Å². The Morgan fingerprint density at radius 3 is 2.43 bits per heavy atom. The lowest BCUT2D eigenvalue weighted by Crippen LogP contribution is -2.50. The highest BCUT2D eigenvalue weighted by molar-refractivity contribution is 5.78. The Morgan fingerprint density at radius 2 is 1.71 bits per heavy atom. The Bertz CT molecular complexity index is 750. The third-order valence-corrected chi connectivity index (χ3v) is 7.40. The van der Waals surface area contributed by atoms with Gasteiger partial charge in [-0.3, -0.25) is 9.69 Å². The molecular formula is C23H32N2O3. The quantitative estimate of drug-likeness (QED) is 0.780. The van der Waals surface area contributed by atoms with Crippen LogP contribution in [0.2, 0.25) is 0 Å². The van der Waals surface area contributed by atoms with E-state index in [2.05, 4.69) is 28.9 Å². The summed E-state index contributed by atoms with van der Waals surface area (Å²) in [5, 5.41) is 0. The molecular weight excluding hydrogens is 352 g/mol. The topological polar surface area (TPSA) is 42.0 Å². The summed E-state index contributed by atoms with van der Waals surface area (Å²) >= 11 is 0. The maximum atomic E-state index is 13.0. The molecule has 1 saturated carbocycles. The highest BCUT2D eigenvalue weighted by Gasteiger charge is 2.45. The number of rotatable bonds is 2. The van der Waals surface area contributed by atoms with Gasteiger partial charge in [0.1, 0.15) is 13.2 Å². The molecule has 4 aliphatic rings. The number of carbonyl (C=O) groups excluding carboxylic acids is 1. The zero-order valence-electron chi connectivity index (χ0n) is 17.0. The number of amides is 1. The van der Waals surface area contributed by atoms with Gasteiger partial charge in [0.25, 0.3) is 0 Å². The molecule has 0 aromatic heterocycles. The first kappa shape index (κ1) is 18.3. The smallest absolute Gasteiger partial charge is 0.236 e. The van der Waals surface area contributed by atoms with Crippen LogP contribution in [0, 0.1) is 0 Å². The standard InChI is InChI=1S/C23H32N2O3/c1-17-18-13-20-21(28-12-11-27-20)14-19(18)23(7-3-4-8-23)16-25(17)15-22(26)24-9-5-2-6-10-24/h13-14,17H,2-12,15-16H2,1H3. The molecule has 3 aliphatic heterocycles. The summed E-state index contributed by atoms with van der Waals surface area (Å²) in [6.45, 7) is 6.88. The second kappa shape index (κ2) is 7.25. The Labute approximate surface area is 168 Å². The summed E-state index contributed by atoms with van der Waals surface area (Å²) in [5.74, 6) is 2.08. The van der Waals surface area contributed by atoms with Gasteiger partial charge in [0, 0.05) is 31.1 Å². The molecule has 1 saturated heterocycles. The van der Waals surface area contributed by atoms with Crippen molar-refractivity contribution in [3.63, 3.8) is 0 Å². The Morgan fingerprint density at radius 1 is 1.04 bits per heavy atom. The number of fused-ring (bicyclic) bond motifs is 3. The first-order valence-electron chi connectivity index (χ1n) is 11.1. The first-order valence-corrected chi connectivity index (χ1v) is 11.1. The van der Waals surface area contributed by atoms with Gasteiger partial charge in [-0.1, -0.05) is 12.8 Å². The van der Waals surface area contributed by atoms with Crippen molar-refractivity contribution in [1.29, 1.82) is 0 Å². The van der Waals surface area contributed by atoms with E-state index in [0.29, 0.717) is 25.7 Å². The van der Waals surface area contributed by atoms with E-state index in [1.54, 1.807) is 0 Å². The van der Waals surface area contributed by atoms with Crippen molar-refractivity contribution in [3.8, 4) is 11.5 Å². The molecule has 0 N–H and O–H groups in total. The highest BCUT2D eigenvalue weighted by Crippen LogP contribution is 2.51. The van der Waals surface area contributed by atoms with Gasteiger partial charge < -0.3 is 14.4 Å². The molecule has 5 rings (SSSR count). The largest absolute Gasteiger partial charge is 0.486 e. The molecule has 5 nitrogen and oxygen atoms in total.